The van der Waals surface area contributed by atoms with Crippen molar-refractivity contribution in [3.05, 3.63) is 36.0 Å². The van der Waals surface area contributed by atoms with E-state index in [-0.39, 0.29) is 17.9 Å². The third-order valence-electron chi connectivity index (χ3n) is 5.87. The van der Waals surface area contributed by atoms with E-state index in [1.54, 1.807) is 6.92 Å². The molecular formula is C21H26N4O3. The largest absolute Gasteiger partial charge is 0.361 e. The summed E-state index contributed by atoms with van der Waals surface area (Å²) in [5.74, 6) is -0.607. The normalized spacial score (nSPS) is 21.8. The highest BCUT2D eigenvalue weighted by atomic mass is 16.2. The Bertz CT molecular complexity index is 900. The Morgan fingerprint density at radius 2 is 1.96 bits per heavy atom. The quantitative estimate of drug-likeness (QED) is 0.694. The van der Waals surface area contributed by atoms with Gasteiger partial charge in [0.25, 0.3) is 5.91 Å². The molecule has 148 valence electrons. The minimum absolute atomic E-state index is 0.145. The molecule has 0 spiro atoms. The van der Waals surface area contributed by atoms with E-state index in [1.807, 2.05) is 30.5 Å². The van der Waals surface area contributed by atoms with Gasteiger partial charge in [-0.15, -0.1) is 0 Å². The molecule has 28 heavy (non-hydrogen) atoms. The lowest BCUT2D eigenvalue weighted by Crippen LogP contribution is -2.51. The van der Waals surface area contributed by atoms with Crippen molar-refractivity contribution < 1.29 is 14.4 Å². The van der Waals surface area contributed by atoms with Gasteiger partial charge in [0.15, 0.2) is 0 Å². The van der Waals surface area contributed by atoms with Crippen LogP contribution in [0.15, 0.2) is 30.5 Å². The summed E-state index contributed by atoms with van der Waals surface area (Å²) >= 11 is 0. The average Bonchev–Trinajstić information content (AvgIpc) is 3.23. The highest BCUT2D eigenvalue weighted by Crippen LogP contribution is 2.22. The Kier molecular flexibility index (Phi) is 5.07. The molecule has 2 aliphatic rings. The zero-order valence-corrected chi connectivity index (χ0v) is 16.0. The molecule has 1 saturated heterocycles. The Hall–Kier alpha value is -2.83. The van der Waals surface area contributed by atoms with Crippen molar-refractivity contribution in [1.29, 1.82) is 0 Å². The van der Waals surface area contributed by atoms with Crippen LogP contribution in [-0.2, 0) is 16.0 Å². The smallest absolute Gasteiger partial charge is 0.325 e. The van der Waals surface area contributed by atoms with Gasteiger partial charge in [0, 0.05) is 29.6 Å². The lowest BCUT2D eigenvalue weighted by Gasteiger charge is -2.27. The summed E-state index contributed by atoms with van der Waals surface area (Å²) in [7, 11) is 0. The first-order valence-corrected chi connectivity index (χ1v) is 10.0. The van der Waals surface area contributed by atoms with Gasteiger partial charge in [0.05, 0.1) is 0 Å². The third kappa shape index (κ3) is 3.48. The maximum absolute atomic E-state index is 12.9. The van der Waals surface area contributed by atoms with Gasteiger partial charge in [-0.05, 0) is 31.4 Å². The second-order valence-corrected chi connectivity index (χ2v) is 7.79. The van der Waals surface area contributed by atoms with Crippen LogP contribution in [0.5, 0.6) is 0 Å². The number of fused-ring (bicyclic) bond motifs is 1. The number of hydrogen-bond donors (Lipinski definition) is 3. The predicted octanol–water partition coefficient (Wildman–Crippen LogP) is 2.47. The molecule has 1 aliphatic heterocycles. The van der Waals surface area contributed by atoms with Gasteiger partial charge >= 0.3 is 6.03 Å². The second kappa shape index (κ2) is 7.66. The van der Waals surface area contributed by atoms with E-state index in [0.717, 1.165) is 47.0 Å². The molecule has 0 radical (unpaired) electrons. The van der Waals surface area contributed by atoms with Crippen molar-refractivity contribution in [3.8, 4) is 0 Å². The van der Waals surface area contributed by atoms with Crippen LogP contribution in [0, 0.1) is 0 Å². The van der Waals surface area contributed by atoms with Gasteiger partial charge in [-0.2, -0.15) is 0 Å². The molecule has 4 amide bonds. The van der Waals surface area contributed by atoms with Crippen LogP contribution in [0.25, 0.3) is 10.9 Å². The number of H-pyrrole nitrogens is 1. The summed E-state index contributed by atoms with van der Waals surface area (Å²) in [5.41, 5.74) is 1.96. The number of carbonyl (C=O) groups is 3. The molecule has 2 fully saturated rings. The lowest BCUT2D eigenvalue weighted by atomic mass is 9.95. The Labute approximate surface area is 163 Å². The molecule has 1 aromatic heterocycles. The van der Waals surface area contributed by atoms with Gasteiger partial charge in [-0.25, -0.2) is 4.79 Å². The number of urea groups is 1. The van der Waals surface area contributed by atoms with Gasteiger partial charge in [0.1, 0.15) is 12.1 Å². The zero-order chi connectivity index (χ0) is 19.7. The first-order chi connectivity index (χ1) is 13.5. The summed E-state index contributed by atoms with van der Waals surface area (Å²) in [5, 5.41) is 6.78. The van der Waals surface area contributed by atoms with Crippen LogP contribution in [0.2, 0.25) is 0 Å². The summed E-state index contributed by atoms with van der Waals surface area (Å²) < 4.78 is 0. The van der Waals surface area contributed by atoms with Gasteiger partial charge in [-0.1, -0.05) is 37.5 Å². The van der Waals surface area contributed by atoms with Crippen molar-refractivity contribution in [2.75, 3.05) is 0 Å². The van der Waals surface area contributed by atoms with Crippen LogP contribution in [0.1, 0.15) is 44.6 Å². The number of carbonyl (C=O) groups excluding carboxylic acids is 3. The van der Waals surface area contributed by atoms with E-state index in [0.29, 0.717) is 6.42 Å². The SMILES string of the molecule is C[C@@H](C(=O)NC1CCCCC1)N1C(=O)N[C@H](Cc2c[nH]c3ccccc23)C1=O. The third-order valence-corrected chi connectivity index (χ3v) is 5.87. The number of nitrogens with one attached hydrogen (secondary N) is 3. The molecule has 2 aromatic rings. The summed E-state index contributed by atoms with van der Waals surface area (Å²) in [4.78, 5) is 42.1. The topological polar surface area (TPSA) is 94.3 Å². The van der Waals surface area contributed by atoms with Crippen molar-refractivity contribution in [2.24, 2.45) is 0 Å². The van der Waals surface area contributed by atoms with Crippen molar-refractivity contribution in [2.45, 2.75) is 63.6 Å². The zero-order valence-electron chi connectivity index (χ0n) is 16.0. The first-order valence-electron chi connectivity index (χ1n) is 10.0. The Morgan fingerprint density at radius 3 is 2.75 bits per heavy atom. The van der Waals surface area contributed by atoms with E-state index in [9.17, 15) is 14.4 Å². The van der Waals surface area contributed by atoms with E-state index in [4.69, 9.17) is 0 Å². The Morgan fingerprint density at radius 1 is 1.21 bits per heavy atom. The number of rotatable bonds is 5. The number of benzene rings is 1. The first kappa shape index (κ1) is 18.5. The van der Waals surface area contributed by atoms with Crippen molar-refractivity contribution >= 4 is 28.7 Å². The number of nitrogens with zero attached hydrogens (tertiary/aromatic N) is 1. The number of amides is 4. The molecule has 1 aliphatic carbocycles. The molecule has 0 bridgehead atoms. The summed E-state index contributed by atoms with van der Waals surface area (Å²) in [6.07, 6.45) is 7.59. The lowest BCUT2D eigenvalue weighted by molar-refractivity contribution is -0.135. The van der Waals surface area contributed by atoms with Crippen LogP contribution >= 0.6 is 0 Å². The fourth-order valence-electron chi connectivity index (χ4n) is 4.26. The van der Waals surface area contributed by atoms with E-state index in [2.05, 4.69) is 15.6 Å². The van der Waals surface area contributed by atoms with Crippen LogP contribution < -0.4 is 10.6 Å². The van der Waals surface area contributed by atoms with Gasteiger partial charge in [0.2, 0.25) is 5.91 Å². The fourth-order valence-corrected chi connectivity index (χ4v) is 4.26. The number of para-hydroxylation sites is 1. The molecule has 0 unspecified atom stereocenters. The molecule has 7 heteroatoms. The summed E-state index contributed by atoms with van der Waals surface area (Å²) in [6.45, 7) is 1.61. The Balaban J connectivity index is 1.43. The van der Waals surface area contributed by atoms with E-state index >= 15 is 0 Å². The van der Waals surface area contributed by atoms with Crippen LogP contribution in [0.3, 0.4) is 0 Å². The highest BCUT2D eigenvalue weighted by Gasteiger charge is 2.43. The van der Waals surface area contributed by atoms with E-state index < -0.39 is 18.1 Å². The summed E-state index contributed by atoms with van der Waals surface area (Å²) in [6, 6.07) is 6.02. The predicted molar refractivity (Wildman–Crippen MR) is 106 cm³/mol. The van der Waals surface area contributed by atoms with E-state index in [1.165, 1.54) is 6.42 Å². The minimum atomic E-state index is -0.817. The van der Waals surface area contributed by atoms with Gasteiger partial charge < -0.3 is 15.6 Å². The molecular weight excluding hydrogens is 356 g/mol. The molecule has 2 heterocycles. The monoisotopic (exact) mass is 382 g/mol. The van der Waals surface area contributed by atoms with Crippen LogP contribution in [0.4, 0.5) is 4.79 Å². The molecule has 7 nitrogen and oxygen atoms in total. The molecule has 1 aromatic carbocycles. The molecule has 1 saturated carbocycles. The second-order valence-electron chi connectivity index (χ2n) is 7.79. The number of imide groups is 1. The number of aromatic amines is 1. The number of aromatic nitrogens is 1. The minimum Gasteiger partial charge on any atom is -0.361 e. The van der Waals surface area contributed by atoms with Crippen LogP contribution in [-0.4, -0.2) is 45.9 Å². The fraction of sp³-hybridized carbons (Fsp3) is 0.476. The average molecular weight is 382 g/mol. The maximum atomic E-state index is 12.9. The standard InChI is InChI=1S/C21H26N4O3/c1-13(19(26)23-15-7-3-2-4-8-15)25-20(27)18(24-21(25)28)11-14-12-22-17-10-6-5-9-16(14)17/h5-6,9-10,12-13,15,18,22H,2-4,7-8,11H2,1H3,(H,23,26)(H,24,28)/t13-,18+/m0/s1. The van der Waals surface area contributed by atoms with Crippen molar-refractivity contribution in [1.82, 2.24) is 20.5 Å². The number of hydrogen-bond acceptors (Lipinski definition) is 3. The molecule has 3 N–H and O–H groups in total. The molecule has 4 rings (SSSR count). The molecule has 2 atom stereocenters. The highest BCUT2D eigenvalue weighted by molar-refractivity contribution is 6.07. The van der Waals surface area contributed by atoms with Crippen molar-refractivity contribution in [3.63, 3.8) is 0 Å². The maximum Gasteiger partial charge on any atom is 0.325 e. The van der Waals surface area contributed by atoms with Gasteiger partial charge in [-0.3, -0.25) is 14.5 Å².